The van der Waals surface area contributed by atoms with Crippen molar-refractivity contribution in [3.8, 4) is 6.07 Å². The summed E-state index contributed by atoms with van der Waals surface area (Å²) in [5.74, 6) is 0.796. The number of nitrogens with zero attached hydrogens (tertiary/aromatic N) is 6. The molecule has 8 nitrogen and oxygen atoms in total. The number of hydrazine groups is 1. The minimum atomic E-state index is -0.315. The van der Waals surface area contributed by atoms with Gasteiger partial charge in [-0.25, -0.2) is 4.98 Å². The SMILES string of the molecule is CCN(/[N+]([O-])=N\OC1CCN(c2cc(C#N)ccn2)CC1)C(C)(C)C. The number of piperidine rings is 1. The zero-order chi connectivity index (χ0) is 18.4. The van der Waals surface area contributed by atoms with E-state index in [4.69, 9.17) is 10.1 Å². The van der Waals surface area contributed by atoms with Crippen molar-refractivity contribution >= 4 is 5.82 Å². The summed E-state index contributed by atoms with van der Waals surface area (Å²) >= 11 is 0. The highest BCUT2D eigenvalue weighted by Gasteiger charge is 2.28. The van der Waals surface area contributed by atoms with Crippen LogP contribution in [0.3, 0.4) is 0 Å². The van der Waals surface area contributed by atoms with Gasteiger partial charge in [-0.3, -0.25) is 0 Å². The summed E-state index contributed by atoms with van der Waals surface area (Å²) in [6, 6.07) is 5.60. The predicted molar refractivity (Wildman–Crippen MR) is 93.5 cm³/mol. The first-order valence-electron chi connectivity index (χ1n) is 8.58. The van der Waals surface area contributed by atoms with E-state index in [1.165, 1.54) is 0 Å². The molecule has 0 unspecified atom stereocenters. The van der Waals surface area contributed by atoms with Crippen LogP contribution in [0.2, 0.25) is 0 Å². The molecule has 25 heavy (non-hydrogen) atoms. The zero-order valence-electron chi connectivity index (χ0n) is 15.3. The van der Waals surface area contributed by atoms with Crippen molar-refractivity contribution in [1.82, 2.24) is 9.99 Å². The average Bonchev–Trinajstić information content (AvgIpc) is 2.60. The van der Waals surface area contributed by atoms with Gasteiger partial charge in [-0.15, -0.1) is 5.01 Å². The molecule has 8 heteroatoms. The fourth-order valence-corrected chi connectivity index (χ4v) is 2.85. The number of hydrogen-bond donors (Lipinski definition) is 0. The van der Waals surface area contributed by atoms with Gasteiger partial charge in [-0.2, -0.15) is 5.26 Å². The van der Waals surface area contributed by atoms with Crippen molar-refractivity contribution in [3.63, 3.8) is 0 Å². The molecule has 1 aromatic rings. The summed E-state index contributed by atoms with van der Waals surface area (Å²) in [6.07, 6.45) is 3.05. The molecule has 1 fully saturated rings. The van der Waals surface area contributed by atoms with Crippen LogP contribution in [0, 0.1) is 16.5 Å². The quantitative estimate of drug-likeness (QED) is 0.462. The van der Waals surface area contributed by atoms with Crippen LogP contribution in [-0.4, -0.2) is 46.2 Å². The van der Waals surface area contributed by atoms with Crippen LogP contribution in [0.15, 0.2) is 23.6 Å². The fourth-order valence-electron chi connectivity index (χ4n) is 2.85. The third kappa shape index (κ3) is 4.95. The molecule has 1 aliphatic heterocycles. The molecule has 0 amide bonds. The average molecular weight is 346 g/mol. The van der Waals surface area contributed by atoms with Crippen LogP contribution >= 0.6 is 0 Å². The maximum atomic E-state index is 12.1. The van der Waals surface area contributed by atoms with Crippen molar-refractivity contribution in [2.45, 2.75) is 52.2 Å². The standard InChI is InChI=1S/C17H26N6O2/c1-5-22(17(2,3)4)23(24)20-25-15-7-10-21(11-8-15)16-12-14(13-18)6-9-19-16/h6,9,12,15H,5,7-8,10-11H2,1-4H3/b23-20+. The molecule has 0 aromatic carbocycles. The Kier molecular flexibility index (Phi) is 6.02. The monoisotopic (exact) mass is 346 g/mol. The summed E-state index contributed by atoms with van der Waals surface area (Å²) in [7, 11) is 0. The maximum Gasteiger partial charge on any atom is 0.233 e. The Morgan fingerprint density at radius 2 is 2.16 bits per heavy atom. The highest BCUT2D eigenvalue weighted by Crippen LogP contribution is 2.21. The lowest BCUT2D eigenvalue weighted by atomic mass is 10.1. The van der Waals surface area contributed by atoms with E-state index in [9.17, 15) is 5.21 Å². The number of nitriles is 1. The Morgan fingerprint density at radius 3 is 2.72 bits per heavy atom. The lowest BCUT2D eigenvalue weighted by molar-refractivity contribution is -0.725. The number of anilines is 1. The van der Waals surface area contributed by atoms with E-state index in [-0.39, 0.29) is 11.6 Å². The van der Waals surface area contributed by atoms with Gasteiger partial charge in [0.2, 0.25) is 5.28 Å². The van der Waals surface area contributed by atoms with Gasteiger partial charge < -0.3 is 14.9 Å². The fraction of sp³-hybridized carbons (Fsp3) is 0.647. The largest absolute Gasteiger partial charge is 0.569 e. The lowest BCUT2D eigenvalue weighted by Gasteiger charge is -2.32. The van der Waals surface area contributed by atoms with E-state index in [0.29, 0.717) is 17.1 Å². The molecule has 2 rings (SSSR count). The van der Waals surface area contributed by atoms with Crippen molar-refractivity contribution in [3.05, 3.63) is 29.1 Å². The van der Waals surface area contributed by atoms with Gasteiger partial charge in [-0.1, -0.05) is 0 Å². The molecule has 0 saturated carbocycles. The van der Waals surface area contributed by atoms with Gasteiger partial charge >= 0.3 is 0 Å². The number of pyridine rings is 1. The van der Waals surface area contributed by atoms with Crippen LogP contribution < -0.4 is 4.90 Å². The van der Waals surface area contributed by atoms with E-state index in [1.54, 1.807) is 23.3 Å². The Hall–Kier alpha value is -2.56. The van der Waals surface area contributed by atoms with Crippen LogP contribution in [0.4, 0.5) is 5.82 Å². The summed E-state index contributed by atoms with van der Waals surface area (Å²) < 4.78 is 0. The minimum Gasteiger partial charge on any atom is -0.569 e. The second-order valence-electron chi connectivity index (χ2n) is 7.03. The summed E-state index contributed by atoms with van der Waals surface area (Å²) in [6.45, 7) is 9.83. The Balaban J connectivity index is 1.90. The van der Waals surface area contributed by atoms with E-state index >= 15 is 0 Å². The summed E-state index contributed by atoms with van der Waals surface area (Å²) in [5, 5.41) is 26.4. The molecular formula is C17H26N6O2. The Morgan fingerprint density at radius 1 is 1.48 bits per heavy atom. The molecule has 2 heterocycles. The number of aromatic nitrogens is 1. The Bertz CT molecular complexity index is 641. The van der Waals surface area contributed by atoms with Gasteiger partial charge in [0.1, 0.15) is 11.9 Å². The zero-order valence-corrected chi connectivity index (χ0v) is 15.3. The van der Waals surface area contributed by atoms with Gasteiger partial charge in [-0.05, 0) is 39.8 Å². The highest BCUT2D eigenvalue weighted by molar-refractivity contribution is 5.45. The predicted octanol–water partition coefficient (Wildman–Crippen LogP) is 2.85. The van der Waals surface area contributed by atoms with E-state index in [2.05, 4.69) is 21.2 Å². The molecule has 1 aromatic heterocycles. The van der Waals surface area contributed by atoms with Crippen LogP contribution in [0.25, 0.3) is 0 Å². The van der Waals surface area contributed by atoms with Gasteiger partial charge in [0, 0.05) is 32.1 Å². The third-order valence-electron chi connectivity index (χ3n) is 4.19. The van der Waals surface area contributed by atoms with Gasteiger partial charge in [0.25, 0.3) is 0 Å². The van der Waals surface area contributed by atoms with Gasteiger partial charge in [0.15, 0.2) is 0 Å². The van der Waals surface area contributed by atoms with E-state index in [0.717, 1.165) is 31.7 Å². The molecule has 1 aliphatic rings. The van der Waals surface area contributed by atoms with Crippen LogP contribution in [-0.2, 0) is 4.84 Å². The molecule has 136 valence electrons. The molecule has 0 atom stereocenters. The first kappa shape index (κ1) is 18.8. The molecule has 0 spiro atoms. The molecule has 0 aliphatic carbocycles. The van der Waals surface area contributed by atoms with Crippen LogP contribution in [0.5, 0.6) is 0 Å². The van der Waals surface area contributed by atoms with Gasteiger partial charge in [0.05, 0.1) is 28.7 Å². The van der Waals surface area contributed by atoms with Crippen molar-refractivity contribution in [2.24, 2.45) is 5.28 Å². The number of rotatable bonds is 5. The first-order chi connectivity index (χ1) is 11.8. The highest BCUT2D eigenvalue weighted by atomic mass is 16.7. The summed E-state index contributed by atoms with van der Waals surface area (Å²) in [5.41, 5.74) is 0.284. The molecule has 0 bridgehead atoms. The second kappa shape index (κ2) is 8.01. The normalized spacial score (nSPS) is 16.4. The molecule has 0 N–H and O–H groups in total. The topological polar surface area (TPSA) is 90.8 Å². The van der Waals surface area contributed by atoms with Crippen molar-refractivity contribution < 1.29 is 9.81 Å². The van der Waals surface area contributed by atoms with E-state index in [1.807, 2.05) is 27.7 Å². The maximum absolute atomic E-state index is 12.1. The van der Waals surface area contributed by atoms with Crippen LogP contribution in [0.1, 0.15) is 46.1 Å². The van der Waals surface area contributed by atoms with Crippen molar-refractivity contribution in [1.29, 1.82) is 5.26 Å². The minimum absolute atomic E-state index is 0.0921. The van der Waals surface area contributed by atoms with E-state index < -0.39 is 0 Å². The third-order valence-corrected chi connectivity index (χ3v) is 4.19. The smallest absolute Gasteiger partial charge is 0.233 e. The molecule has 1 saturated heterocycles. The second-order valence-corrected chi connectivity index (χ2v) is 7.03. The lowest BCUT2D eigenvalue weighted by Crippen LogP contribution is -2.45. The Labute approximate surface area is 148 Å². The van der Waals surface area contributed by atoms with Crippen molar-refractivity contribution in [2.75, 3.05) is 24.5 Å². The number of hydrogen-bond acceptors (Lipinski definition) is 6. The summed E-state index contributed by atoms with van der Waals surface area (Å²) in [4.78, 5) is 12.4. The molecular weight excluding hydrogens is 320 g/mol. The molecule has 0 radical (unpaired) electrons. The first-order valence-corrected chi connectivity index (χ1v) is 8.58.